The van der Waals surface area contributed by atoms with Crippen molar-refractivity contribution in [2.45, 2.75) is 51.5 Å². The molecule has 1 aliphatic carbocycles. The van der Waals surface area contributed by atoms with E-state index in [1.165, 1.54) is 37.7 Å². The van der Waals surface area contributed by atoms with Gasteiger partial charge in [0.2, 0.25) is 5.82 Å². The Morgan fingerprint density at radius 3 is 2.62 bits per heavy atom. The van der Waals surface area contributed by atoms with Crippen LogP contribution < -0.4 is 0 Å². The molecule has 7 heteroatoms. The van der Waals surface area contributed by atoms with Crippen molar-refractivity contribution in [2.24, 2.45) is 5.92 Å². The third-order valence-corrected chi connectivity index (χ3v) is 6.50. The summed E-state index contributed by atoms with van der Waals surface area (Å²) >= 11 is 0. The first-order chi connectivity index (χ1) is 15.7. The van der Waals surface area contributed by atoms with Crippen LogP contribution in [0.4, 0.5) is 0 Å². The van der Waals surface area contributed by atoms with Crippen LogP contribution in [-0.4, -0.2) is 40.7 Å². The maximum absolute atomic E-state index is 11.7. The molecule has 0 spiro atoms. The van der Waals surface area contributed by atoms with E-state index in [0.29, 0.717) is 49.6 Å². The van der Waals surface area contributed by atoms with Crippen molar-refractivity contribution in [3.63, 3.8) is 0 Å². The second-order valence-electron chi connectivity index (χ2n) is 8.79. The summed E-state index contributed by atoms with van der Waals surface area (Å²) in [6, 6.07) is 12.3. The summed E-state index contributed by atoms with van der Waals surface area (Å²) in [6.07, 6.45) is 6.58. The fourth-order valence-corrected chi connectivity index (χ4v) is 4.69. The molecule has 2 aliphatic rings. The highest BCUT2D eigenvalue weighted by molar-refractivity contribution is 5.74. The minimum atomic E-state index is -0.116. The number of aromatic nitrogens is 2. The highest BCUT2D eigenvalue weighted by Crippen LogP contribution is 2.33. The second-order valence-corrected chi connectivity index (χ2v) is 8.79. The molecule has 0 amide bonds. The van der Waals surface area contributed by atoms with Gasteiger partial charge in [0.1, 0.15) is 5.76 Å². The van der Waals surface area contributed by atoms with Crippen molar-refractivity contribution in [1.29, 1.82) is 0 Å². The Kier molecular flexibility index (Phi) is 6.08. The van der Waals surface area contributed by atoms with E-state index in [9.17, 15) is 4.79 Å². The summed E-state index contributed by atoms with van der Waals surface area (Å²) in [6.45, 7) is 4.28. The largest absolute Gasteiger partial charge is 0.466 e. The normalized spacial score (nSPS) is 17.9. The second kappa shape index (κ2) is 9.28. The number of carbonyl (C=O) groups is 1. The SMILES string of the molecule is CCOC(=O)C1CN(Cc2ccc(-c3noc(-c4ccc(C5CCCCC5)cc4)n3)o2)C1. The van der Waals surface area contributed by atoms with Gasteiger partial charge in [0.25, 0.3) is 5.89 Å². The van der Waals surface area contributed by atoms with Gasteiger partial charge in [-0.1, -0.05) is 36.6 Å². The van der Waals surface area contributed by atoms with E-state index in [1.807, 2.05) is 19.1 Å². The minimum absolute atomic E-state index is 0.0337. The monoisotopic (exact) mass is 435 g/mol. The molecular weight excluding hydrogens is 406 g/mol. The van der Waals surface area contributed by atoms with Gasteiger partial charge in [-0.3, -0.25) is 9.69 Å². The Hall–Kier alpha value is -2.93. The van der Waals surface area contributed by atoms with E-state index in [1.54, 1.807) is 0 Å². The van der Waals surface area contributed by atoms with E-state index >= 15 is 0 Å². The minimum Gasteiger partial charge on any atom is -0.466 e. The average Bonchev–Trinajstić information content (AvgIpc) is 3.46. The zero-order chi connectivity index (χ0) is 21.9. The summed E-state index contributed by atoms with van der Waals surface area (Å²) in [5.74, 6) is 2.85. The Labute approximate surface area is 187 Å². The predicted octanol–water partition coefficient (Wildman–Crippen LogP) is 5.04. The van der Waals surface area contributed by atoms with Gasteiger partial charge in [-0.2, -0.15) is 4.98 Å². The molecule has 1 saturated carbocycles. The molecule has 5 rings (SSSR count). The van der Waals surface area contributed by atoms with Crippen molar-refractivity contribution in [2.75, 3.05) is 19.7 Å². The van der Waals surface area contributed by atoms with Crippen LogP contribution in [-0.2, 0) is 16.1 Å². The molecular formula is C25H29N3O4. The van der Waals surface area contributed by atoms with Crippen molar-refractivity contribution < 1.29 is 18.5 Å². The highest BCUT2D eigenvalue weighted by atomic mass is 16.5. The first-order valence-electron chi connectivity index (χ1n) is 11.6. The topological polar surface area (TPSA) is 81.6 Å². The Morgan fingerprint density at radius 1 is 1.09 bits per heavy atom. The van der Waals surface area contributed by atoms with Crippen LogP contribution in [0.3, 0.4) is 0 Å². The third kappa shape index (κ3) is 4.48. The summed E-state index contributed by atoms with van der Waals surface area (Å²) in [4.78, 5) is 18.4. The molecule has 0 radical (unpaired) electrons. The van der Waals surface area contributed by atoms with E-state index in [0.717, 1.165) is 11.3 Å². The zero-order valence-corrected chi connectivity index (χ0v) is 18.5. The van der Waals surface area contributed by atoms with Crippen LogP contribution >= 0.6 is 0 Å². The molecule has 2 fully saturated rings. The number of rotatable bonds is 7. The first kappa shape index (κ1) is 20.9. The lowest BCUT2D eigenvalue weighted by Gasteiger charge is -2.36. The molecule has 0 N–H and O–H groups in total. The average molecular weight is 436 g/mol. The number of hydrogen-bond donors (Lipinski definition) is 0. The van der Waals surface area contributed by atoms with Gasteiger partial charge in [0.05, 0.1) is 19.1 Å². The number of benzene rings is 1. The van der Waals surface area contributed by atoms with E-state index in [-0.39, 0.29) is 11.9 Å². The van der Waals surface area contributed by atoms with Crippen LogP contribution in [0.2, 0.25) is 0 Å². The fraction of sp³-hybridized carbons (Fsp3) is 0.480. The van der Waals surface area contributed by atoms with Crippen molar-refractivity contribution >= 4 is 5.97 Å². The van der Waals surface area contributed by atoms with Crippen LogP contribution in [0, 0.1) is 5.92 Å². The molecule has 2 aromatic heterocycles. The van der Waals surface area contributed by atoms with Gasteiger partial charge >= 0.3 is 5.97 Å². The summed E-state index contributed by atoms with van der Waals surface area (Å²) in [5.41, 5.74) is 2.32. The maximum Gasteiger partial charge on any atom is 0.311 e. The highest BCUT2D eigenvalue weighted by Gasteiger charge is 2.34. The molecule has 1 aromatic carbocycles. The number of hydrogen-bond acceptors (Lipinski definition) is 7. The van der Waals surface area contributed by atoms with Crippen LogP contribution in [0.25, 0.3) is 23.0 Å². The van der Waals surface area contributed by atoms with Gasteiger partial charge in [-0.05, 0) is 55.5 Å². The Bertz CT molecular complexity index is 1040. The molecule has 7 nitrogen and oxygen atoms in total. The number of carbonyl (C=O) groups excluding carboxylic acids is 1. The quantitative estimate of drug-likeness (QED) is 0.481. The smallest absolute Gasteiger partial charge is 0.311 e. The van der Waals surface area contributed by atoms with E-state index < -0.39 is 0 Å². The predicted molar refractivity (Wildman–Crippen MR) is 119 cm³/mol. The molecule has 0 bridgehead atoms. The van der Waals surface area contributed by atoms with Gasteiger partial charge < -0.3 is 13.7 Å². The number of furan rings is 1. The fourth-order valence-electron chi connectivity index (χ4n) is 4.69. The molecule has 168 valence electrons. The van der Waals surface area contributed by atoms with Crippen LogP contribution in [0.5, 0.6) is 0 Å². The Balaban J connectivity index is 1.19. The third-order valence-electron chi connectivity index (χ3n) is 6.50. The lowest BCUT2D eigenvalue weighted by atomic mass is 9.84. The lowest BCUT2D eigenvalue weighted by Crippen LogP contribution is -2.50. The number of nitrogens with zero attached hydrogens (tertiary/aromatic N) is 3. The van der Waals surface area contributed by atoms with Crippen LogP contribution in [0.1, 0.15) is 56.3 Å². The molecule has 32 heavy (non-hydrogen) atoms. The lowest BCUT2D eigenvalue weighted by molar-refractivity contribution is -0.154. The molecule has 1 aliphatic heterocycles. The van der Waals surface area contributed by atoms with Gasteiger partial charge in [-0.15, -0.1) is 0 Å². The molecule has 0 atom stereocenters. The molecule has 1 saturated heterocycles. The molecule has 3 aromatic rings. The van der Waals surface area contributed by atoms with Gasteiger partial charge in [0.15, 0.2) is 5.76 Å². The van der Waals surface area contributed by atoms with Crippen molar-refractivity contribution in [1.82, 2.24) is 15.0 Å². The van der Waals surface area contributed by atoms with Crippen LogP contribution in [0.15, 0.2) is 45.3 Å². The Morgan fingerprint density at radius 2 is 1.88 bits per heavy atom. The van der Waals surface area contributed by atoms with E-state index in [2.05, 4.69) is 39.3 Å². The number of likely N-dealkylation sites (tertiary alicyclic amines) is 1. The van der Waals surface area contributed by atoms with Crippen molar-refractivity contribution in [3.05, 3.63) is 47.7 Å². The number of ether oxygens (including phenoxy) is 1. The van der Waals surface area contributed by atoms with E-state index in [4.69, 9.17) is 13.7 Å². The maximum atomic E-state index is 11.7. The molecule has 3 heterocycles. The molecule has 0 unspecified atom stereocenters. The van der Waals surface area contributed by atoms with Gasteiger partial charge in [-0.25, -0.2) is 0 Å². The summed E-state index contributed by atoms with van der Waals surface area (Å²) in [7, 11) is 0. The number of esters is 1. The summed E-state index contributed by atoms with van der Waals surface area (Å²) in [5, 5.41) is 4.10. The van der Waals surface area contributed by atoms with Crippen molar-refractivity contribution in [3.8, 4) is 23.0 Å². The van der Waals surface area contributed by atoms with Gasteiger partial charge in [0, 0.05) is 18.7 Å². The first-order valence-corrected chi connectivity index (χ1v) is 11.6. The zero-order valence-electron chi connectivity index (χ0n) is 18.5. The summed E-state index contributed by atoms with van der Waals surface area (Å²) < 4.78 is 16.5. The standard InChI is InChI=1S/C25H29N3O4/c1-2-30-25(29)20-14-28(15-20)16-21-12-13-22(31-21)23-26-24(32-27-23)19-10-8-18(9-11-19)17-6-4-3-5-7-17/h8-13,17,20H,2-7,14-16H2,1H3.